The van der Waals surface area contributed by atoms with Gasteiger partial charge in [-0.25, -0.2) is 4.98 Å². The first kappa shape index (κ1) is 25.3. The van der Waals surface area contributed by atoms with Crippen LogP contribution in [0.4, 0.5) is 11.8 Å². The number of anilines is 2. The molecule has 0 unspecified atom stereocenters. The second-order valence-corrected chi connectivity index (χ2v) is 10.1. The molecule has 5 nitrogen and oxygen atoms in total. The molecule has 184 valence electrons. The van der Waals surface area contributed by atoms with Gasteiger partial charge in [0.05, 0.1) is 5.52 Å². The van der Waals surface area contributed by atoms with E-state index in [1.807, 2.05) is 19.2 Å². The summed E-state index contributed by atoms with van der Waals surface area (Å²) in [6, 6.07) is 23.0. The van der Waals surface area contributed by atoms with Gasteiger partial charge < -0.3 is 10.2 Å². The van der Waals surface area contributed by atoms with Gasteiger partial charge in [0.15, 0.2) is 0 Å². The lowest BCUT2D eigenvalue weighted by Gasteiger charge is -2.23. The molecule has 6 heteroatoms. The number of benzene rings is 3. The number of nitrogens with one attached hydrogen (secondary N) is 2. The number of nitrogens with zero attached hydrogens (tertiary/aromatic N) is 3. The van der Waals surface area contributed by atoms with Gasteiger partial charge in [0, 0.05) is 30.4 Å². The quantitative estimate of drug-likeness (QED) is 0.270. The fourth-order valence-corrected chi connectivity index (χ4v) is 5.26. The minimum Gasteiger partial charge on any atom is -0.359 e. The molecule has 0 bridgehead atoms. The molecule has 0 atom stereocenters. The van der Waals surface area contributed by atoms with Crippen LogP contribution in [0.5, 0.6) is 0 Å². The molecule has 0 aliphatic heterocycles. The molecule has 0 amide bonds. The summed E-state index contributed by atoms with van der Waals surface area (Å²) in [5.74, 6) is 2.55. The van der Waals surface area contributed by atoms with Crippen LogP contribution in [0.25, 0.3) is 21.7 Å². The molecule has 1 saturated carbocycles. The average Bonchev–Trinajstić information content (AvgIpc) is 2.92. The maximum atomic E-state index is 4.76. The van der Waals surface area contributed by atoms with E-state index in [1.54, 1.807) is 11.9 Å². The van der Waals surface area contributed by atoms with Gasteiger partial charge in [-0.2, -0.15) is 4.98 Å². The van der Waals surface area contributed by atoms with Gasteiger partial charge in [-0.1, -0.05) is 67.8 Å². The minimum absolute atomic E-state index is 0.763. The van der Waals surface area contributed by atoms with Gasteiger partial charge in [-0.15, -0.1) is 0 Å². The first-order valence-corrected chi connectivity index (χ1v) is 13.5. The van der Waals surface area contributed by atoms with Crippen molar-refractivity contribution < 1.29 is 0 Å². The van der Waals surface area contributed by atoms with Gasteiger partial charge in [-0.3, -0.25) is 4.72 Å². The Balaban J connectivity index is 0.000000189. The van der Waals surface area contributed by atoms with Crippen LogP contribution in [-0.4, -0.2) is 37.2 Å². The highest BCUT2D eigenvalue weighted by molar-refractivity contribution is 7.97. The molecular weight excluding hydrogens is 450 g/mol. The number of hydrogen-bond donors (Lipinski definition) is 2. The van der Waals surface area contributed by atoms with Crippen LogP contribution >= 0.6 is 11.9 Å². The van der Waals surface area contributed by atoms with E-state index in [-0.39, 0.29) is 0 Å². The third kappa shape index (κ3) is 6.65. The monoisotopic (exact) mass is 487 g/mol. The normalized spacial score (nSPS) is 13.9. The molecule has 1 heterocycles. The molecule has 35 heavy (non-hydrogen) atoms. The van der Waals surface area contributed by atoms with Gasteiger partial charge in [-0.05, 0) is 73.7 Å². The van der Waals surface area contributed by atoms with E-state index in [1.165, 1.54) is 47.8 Å². The van der Waals surface area contributed by atoms with Gasteiger partial charge >= 0.3 is 0 Å². The van der Waals surface area contributed by atoms with Crippen LogP contribution in [0, 0.1) is 5.92 Å². The molecule has 1 fully saturated rings. The number of para-hydroxylation sites is 1. The summed E-state index contributed by atoms with van der Waals surface area (Å²) in [6.07, 6.45) is 6.81. The highest BCUT2D eigenvalue weighted by Gasteiger charge is 2.15. The molecule has 0 saturated heterocycles. The zero-order valence-electron chi connectivity index (χ0n) is 21.1. The number of rotatable bonds is 7. The molecule has 0 spiro atoms. The lowest BCUT2D eigenvalue weighted by Crippen LogP contribution is -2.21. The first-order chi connectivity index (χ1) is 17.2. The van der Waals surface area contributed by atoms with Crippen molar-refractivity contribution in [1.82, 2.24) is 14.7 Å². The van der Waals surface area contributed by atoms with Crippen LogP contribution in [0.3, 0.4) is 0 Å². The third-order valence-corrected chi connectivity index (χ3v) is 7.43. The van der Waals surface area contributed by atoms with Crippen LogP contribution in [0.1, 0.15) is 39.0 Å². The Morgan fingerprint density at radius 2 is 1.60 bits per heavy atom. The second-order valence-electron chi connectivity index (χ2n) is 9.07. The molecule has 5 rings (SSSR count). The summed E-state index contributed by atoms with van der Waals surface area (Å²) in [5.41, 5.74) is 1.01. The summed E-state index contributed by atoms with van der Waals surface area (Å²) >= 11 is 1.65. The van der Waals surface area contributed by atoms with E-state index in [4.69, 9.17) is 4.98 Å². The standard InChI is InChI=1S/C18H26N4.C11H11NS/c1-3-22(2)17-15-11-7-8-12-16(15)20-18(21-17)19-13-14-9-5-4-6-10-14;1-12-13-11-8-4-6-9-5-2-3-7-10(9)11/h7-8,11-12,14H,3-6,9-10,13H2,1-2H3,(H,19,20,21);2-8,12H,1H3. The number of fused-ring (bicyclic) bond motifs is 2. The summed E-state index contributed by atoms with van der Waals surface area (Å²) in [7, 11) is 4.02. The van der Waals surface area contributed by atoms with Crippen molar-refractivity contribution in [3.8, 4) is 0 Å². The highest BCUT2D eigenvalue weighted by atomic mass is 32.2. The molecule has 1 aliphatic rings. The van der Waals surface area contributed by atoms with E-state index in [0.29, 0.717) is 0 Å². The van der Waals surface area contributed by atoms with Crippen molar-refractivity contribution in [3.05, 3.63) is 66.7 Å². The molecule has 1 aliphatic carbocycles. The summed E-state index contributed by atoms with van der Waals surface area (Å²) in [4.78, 5) is 12.9. The first-order valence-electron chi connectivity index (χ1n) is 12.7. The molecule has 4 aromatic rings. The summed E-state index contributed by atoms with van der Waals surface area (Å²) < 4.78 is 3.09. The Morgan fingerprint density at radius 3 is 2.37 bits per heavy atom. The Labute approximate surface area is 213 Å². The number of aromatic nitrogens is 2. The lowest BCUT2D eigenvalue weighted by atomic mass is 9.89. The van der Waals surface area contributed by atoms with Gasteiger partial charge in [0.2, 0.25) is 5.95 Å². The fraction of sp³-hybridized carbons (Fsp3) is 0.379. The second kappa shape index (κ2) is 12.8. The van der Waals surface area contributed by atoms with Crippen LogP contribution in [0.2, 0.25) is 0 Å². The largest absolute Gasteiger partial charge is 0.359 e. The van der Waals surface area contributed by atoms with Crippen molar-refractivity contribution in [2.24, 2.45) is 5.92 Å². The minimum atomic E-state index is 0.763. The predicted molar refractivity (Wildman–Crippen MR) is 152 cm³/mol. The Hall–Kier alpha value is -2.83. The van der Waals surface area contributed by atoms with Gasteiger partial charge in [0.1, 0.15) is 5.82 Å². The van der Waals surface area contributed by atoms with E-state index in [9.17, 15) is 0 Å². The molecule has 2 N–H and O–H groups in total. The van der Waals surface area contributed by atoms with Crippen molar-refractivity contribution in [3.63, 3.8) is 0 Å². The van der Waals surface area contributed by atoms with E-state index in [0.717, 1.165) is 41.7 Å². The van der Waals surface area contributed by atoms with Crippen molar-refractivity contribution in [2.45, 2.75) is 43.9 Å². The fourth-order valence-electron chi connectivity index (χ4n) is 4.60. The van der Waals surface area contributed by atoms with E-state index in [2.05, 4.69) is 88.5 Å². The lowest BCUT2D eigenvalue weighted by molar-refractivity contribution is 0.373. The average molecular weight is 488 g/mol. The van der Waals surface area contributed by atoms with Crippen LogP contribution in [0.15, 0.2) is 71.6 Å². The molecule has 1 aromatic heterocycles. The van der Waals surface area contributed by atoms with Gasteiger partial charge in [0.25, 0.3) is 0 Å². The summed E-state index contributed by atoms with van der Waals surface area (Å²) in [5, 5.41) is 7.20. The maximum Gasteiger partial charge on any atom is 0.225 e. The highest BCUT2D eigenvalue weighted by Crippen LogP contribution is 2.27. The topological polar surface area (TPSA) is 53.1 Å². The Bertz CT molecular complexity index is 1220. The zero-order valence-corrected chi connectivity index (χ0v) is 21.9. The van der Waals surface area contributed by atoms with Crippen LogP contribution < -0.4 is 14.9 Å². The van der Waals surface area contributed by atoms with Crippen LogP contribution in [-0.2, 0) is 0 Å². The van der Waals surface area contributed by atoms with Crippen molar-refractivity contribution in [2.75, 3.05) is 37.4 Å². The summed E-state index contributed by atoms with van der Waals surface area (Å²) in [6.45, 7) is 4.07. The van der Waals surface area contributed by atoms with E-state index >= 15 is 0 Å². The SMILES string of the molecule is CCN(C)c1nc(NCC2CCCCC2)nc2ccccc12.CNSc1cccc2ccccc12. The van der Waals surface area contributed by atoms with Crippen molar-refractivity contribution >= 4 is 45.4 Å². The smallest absolute Gasteiger partial charge is 0.225 e. The molecule has 0 radical (unpaired) electrons. The van der Waals surface area contributed by atoms with Crippen molar-refractivity contribution in [1.29, 1.82) is 0 Å². The third-order valence-electron chi connectivity index (χ3n) is 6.65. The molecular formula is C29H37N5S. The Kier molecular flexibility index (Phi) is 9.21. The number of hydrogen-bond acceptors (Lipinski definition) is 6. The Morgan fingerprint density at radius 1 is 0.886 bits per heavy atom. The zero-order chi connectivity index (χ0) is 24.5. The molecule has 3 aromatic carbocycles. The predicted octanol–water partition coefficient (Wildman–Crippen LogP) is 7.14. The maximum absolute atomic E-state index is 4.76. The van der Waals surface area contributed by atoms with E-state index < -0.39 is 0 Å².